The highest BCUT2D eigenvalue weighted by atomic mass is 35.5. The molecule has 3 N–H and O–H groups in total. The van der Waals surface area contributed by atoms with Gasteiger partial charge in [0.25, 0.3) is 0 Å². The summed E-state index contributed by atoms with van der Waals surface area (Å²) in [7, 11) is 0. The normalized spacial score (nSPS) is 19.0. The molecular formula is C13H17ClN2O2. The number of nitrogens with one attached hydrogen (secondary N) is 2. The molecule has 0 saturated carbocycles. The van der Waals surface area contributed by atoms with Crippen LogP contribution in [0.2, 0.25) is 5.02 Å². The summed E-state index contributed by atoms with van der Waals surface area (Å²) in [6, 6.07) is 7.70. The maximum atomic E-state index is 10.9. The Labute approximate surface area is 111 Å². The Morgan fingerprint density at radius 3 is 2.83 bits per heavy atom. The Kier molecular flexibility index (Phi) is 3.90. The lowest BCUT2D eigenvalue weighted by molar-refractivity contribution is -0.139. The lowest BCUT2D eigenvalue weighted by atomic mass is 9.87. The summed E-state index contributed by atoms with van der Waals surface area (Å²) in [6.45, 7) is 3.39. The Morgan fingerprint density at radius 1 is 1.61 bits per heavy atom. The van der Waals surface area contributed by atoms with Crippen LogP contribution < -0.4 is 10.6 Å². The Hall–Kier alpha value is -1.10. The maximum absolute atomic E-state index is 10.9. The average molecular weight is 269 g/mol. The Morgan fingerprint density at radius 2 is 2.33 bits per heavy atom. The van der Waals surface area contributed by atoms with Gasteiger partial charge < -0.3 is 15.7 Å². The molecule has 1 aliphatic heterocycles. The number of hydrogen-bond acceptors (Lipinski definition) is 3. The minimum atomic E-state index is -0.776. The van der Waals surface area contributed by atoms with Crippen LogP contribution in [-0.4, -0.2) is 29.7 Å². The van der Waals surface area contributed by atoms with Crippen molar-refractivity contribution in [3.63, 3.8) is 0 Å². The zero-order valence-electron chi connectivity index (χ0n) is 10.2. The van der Waals surface area contributed by atoms with E-state index >= 15 is 0 Å². The van der Waals surface area contributed by atoms with Crippen molar-refractivity contribution in [1.29, 1.82) is 0 Å². The first-order chi connectivity index (χ1) is 8.51. The van der Waals surface area contributed by atoms with E-state index in [9.17, 15) is 4.79 Å². The predicted octanol–water partition coefficient (Wildman–Crippen LogP) is 1.81. The van der Waals surface area contributed by atoms with Crippen molar-refractivity contribution in [1.82, 2.24) is 10.6 Å². The molecule has 0 aliphatic carbocycles. The Balaban J connectivity index is 2.06. The summed E-state index contributed by atoms with van der Waals surface area (Å²) in [5.74, 6) is -0.776. The lowest BCUT2D eigenvalue weighted by Gasteiger charge is -2.44. The molecule has 0 aromatic heterocycles. The minimum Gasteiger partial charge on any atom is -0.481 e. The van der Waals surface area contributed by atoms with Crippen molar-refractivity contribution < 1.29 is 9.90 Å². The van der Waals surface area contributed by atoms with Crippen molar-refractivity contribution in [2.75, 3.05) is 13.1 Å². The highest BCUT2D eigenvalue weighted by Crippen LogP contribution is 2.24. The molecule has 2 rings (SSSR count). The van der Waals surface area contributed by atoms with E-state index in [2.05, 4.69) is 10.6 Å². The molecule has 1 aliphatic rings. The van der Waals surface area contributed by atoms with Crippen LogP contribution in [0, 0.1) is 0 Å². The molecule has 1 saturated heterocycles. The number of benzene rings is 1. The monoisotopic (exact) mass is 268 g/mol. The molecule has 0 spiro atoms. The van der Waals surface area contributed by atoms with Gasteiger partial charge in [-0.2, -0.15) is 0 Å². The van der Waals surface area contributed by atoms with Gasteiger partial charge in [0.1, 0.15) is 0 Å². The van der Waals surface area contributed by atoms with Gasteiger partial charge in [0.2, 0.25) is 0 Å². The van der Waals surface area contributed by atoms with E-state index < -0.39 is 5.97 Å². The van der Waals surface area contributed by atoms with E-state index in [0.29, 0.717) is 18.1 Å². The molecule has 0 bridgehead atoms. The molecule has 0 radical (unpaired) electrons. The fourth-order valence-electron chi connectivity index (χ4n) is 2.31. The molecule has 4 nitrogen and oxygen atoms in total. The number of carbonyl (C=O) groups is 1. The van der Waals surface area contributed by atoms with Crippen molar-refractivity contribution in [3.05, 3.63) is 34.9 Å². The third kappa shape index (κ3) is 3.02. The van der Waals surface area contributed by atoms with E-state index in [-0.39, 0.29) is 18.0 Å². The predicted molar refractivity (Wildman–Crippen MR) is 70.9 cm³/mol. The van der Waals surface area contributed by atoms with Gasteiger partial charge in [-0.3, -0.25) is 4.79 Å². The van der Waals surface area contributed by atoms with E-state index in [1.54, 1.807) is 0 Å². The number of rotatable bonds is 5. The molecule has 98 valence electrons. The summed E-state index contributed by atoms with van der Waals surface area (Å²) in [5, 5.41) is 16.2. The summed E-state index contributed by atoms with van der Waals surface area (Å²) >= 11 is 5.96. The molecule has 1 aromatic carbocycles. The van der Waals surface area contributed by atoms with Gasteiger partial charge in [0, 0.05) is 24.2 Å². The molecule has 1 atom stereocenters. The van der Waals surface area contributed by atoms with E-state index in [0.717, 1.165) is 5.56 Å². The second-order valence-corrected chi connectivity index (χ2v) is 5.31. The third-order valence-corrected chi connectivity index (χ3v) is 3.52. The van der Waals surface area contributed by atoms with Crippen LogP contribution in [0.5, 0.6) is 0 Å². The van der Waals surface area contributed by atoms with Gasteiger partial charge in [0.15, 0.2) is 0 Å². The second kappa shape index (κ2) is 5.26. The fraction of sp³-hybridized carbons (Fsp3) is 0.462. The first-order valence-corrected chi connectivity index (χ1v) is 6.34. The number of hydrogen-bond donors (Lipinski definition) is 3. The molecule has 0 unspecified atom stereocenters. The summed E-state index contributed by atoms with van der Waals surface area (Å²) in [5.41, 5.74) is 0.729. The molecule has 5 heteroatoms. The molecule has 1 aromatic rings. The molecule has 1 heterocycles. The summed E-state index contributed by atoms with van der Waals surface area (Å²) < 4.78 is 0. The van der Waals surface area contributed by atoms with Crippen LogP contribution in [-0.2, 0) is 4.79 Å². The highest BCUT2D eigenvalue weighted by molar-refractivity contribution is 6.30. The smallest absolute Gasteiger partial charge is 0.305 e. The summed E-state index contributed by atoms with van der Waals surface area (Å²) in [4.78, 5) is 10.9. The fourth-order valence-corrected chi connectivity index (χ4v) is 2.51. The van der Waals surface area contributed by atoms with E-state index in [4.69, 9.17) is 16.7 Å². The minimum absolute atomic E-state index is 0.0742. The van der Waals surface area contributed by atoms with Gasteiger partial charge >= 0.3 is 5.97 Å². The van der Waals surface area contributed by atoms with Crippen LogP contribution in [0.4, 0.5) is 0 Å². The summed E-state index contributed by atoms with van der Waals surface area (Å²) in [6.07, 6.45) is 0.130. The number of carboxylic acids is 1. The van der Waals surface area contributed by atoms with E-state index in [1.807, 2.05) is 31.2 Å². The molecular weight excluding hydrogens is 252 g/mol. The zero-order valence-corrected chi connectivity index (χ0v) is 11.0. The first kappa shape index (κ1) is 13.3. The number of carboxylic acid groups (broad SMARTS) is 1. The number of halogens is 1. The van der Waals surface area contributed by atoms with Crippen LogP contribution in [0.3, 0.4) is 0 Å². The van der Waals surface area contributed by atoms with Gasteiger partial charge in [-0.15, -0.1) is 0 Å². The maximum Gasteiger partial charge on any atom is 0.305 e. The van der Waals surface area contributed by atoms with Gasteiger partial charge in [-0.1, -0.05) is 23.7 Å². The van der Waals surface area contributed by atoms with Gasteiger partial charge in [0.05, 0.1) is 12.0 Å². The topological polar surface area (TPSA) is 61.4 Å². The average Bonchev–Trinajstić information content (AvgIpc) is 2.25. The molecule has 1 fully saturated rings. The zero-order chi connectivity index (χ0) is 13.2. The van der Waals surface area contributed by atoms with Gasteiger partial charge in [-0.05, 0) is 24.6 Å². The quantitative estimate of drug-likeness (QED) is 0.762. The van der Waals surface area contributed by atoms with E-state index in [1.165, 1.54) is 0 Å². The van der Waals surface area contributed by atoms with Crippen LogP contribution in [0.1, 0.15) is 24.9 Å². The largest absolute Gasteiger partial charge is 0.481 e. The van der Waals surface area contributed by atoms with Crippen LogP contribution >= 0.6 is 11.6 Å². The SMILES string of the molecule is C[C@H](NC1(CC(=O)O)CNC1)c1cccc(Cl)c1. The third-order valence-electron chi connectivity index (χ3n) is 3.29. The van der Waals surface area contributed by atoms with Gasteiger partial charge in [-0.25, -0.2) is 0 Å². The van der Waals surface area contributed by atoms with Crippen molar-refractivity contribution >= 4 is 17.6 Å². The standard InChI is InChI=1S/C13H17ClN2O2/c1-9(10-3-2-4-11(14)5-10)16-13(6-12(17)18)7-15-8-13/h2-5,9,15-16H,6-8H2,1H3,(H,17,18)/t9-/m0/s1. The van der Waals surface area contributed by atoms with Crippen LogP contribution in [0.15, 0.2) is 24.3 Å². The number of aliphatic carboxylic acids is 1. The van der Waals surface area contributed by atoms with Crippen LogP contribution in [0.25, 0.3) is 0 Å². The second-order valence-electron chi connectivity index (χ2n) is 4.88. The lowest BCUT2D eigenvalue weighted by Crippen LogP contribution is -2.68. The Bertz CT molecular complexity index is 446. The highest BCUT2D eigenvalue weighted by Gasteiger charge is 2.39. The first-order valence-electron chi connectivity index (χ1n) is 5.96. The van der Waals surface area contributed by atoms with Crippen molar-refractivity contribution in [2.24, 2.45) is 0 Å². The molecule has 18 heavy (non-hydrogen) atoms. The van der Waals surface area contributed by atoms with Crippen molar-refractivity contribution in [3.8, 4) is 0 Å². The van der Waals surface area contributed by atoms with Crippen molar-refractivity contribution in [2.45, 2.75) is 24.9 Å². The molecule has 0 amide bonds.